The molecule has 0 bridgehead atoms. The molecule has 0 amide bonds. The van der Waals surface area contributed by atoms with Gasteiger partial charge in [0.15, 0.2) is 0 Å². The molecular weight excluding hydrogens is 224 g/mol. The third-order valence-corrected chi connectivity index (χ3v) is 1.52. The predicted molar refractivity (Wildman–Crippen MR) is 41.0 cm³/mol. The first-order chi connectivity index (χ1) is 6.73. The van der Waals surface area contributed by atoms with Gasteiger partial charge in [0.05, 0.1) is 5.69 Å². The van der Waals surface area contributed by atoms with E-state index < -0.39 is 23.2 Å². The van der Waals surface area contributed by atoms with Crippen molar-refractivity contribution in [2.75, 3.05) is 4.90 Å². The Morgan fingerprint density at radius 1 is 0.733 bits per heavy atom. The van der Waals surface area contributed by atoms with Gasteiger partial charge in [-0.05, 0) is 12.1 Å². The number of halogens is 6. The van der Waals surface area contributed by atoms with Crippen molar-refractivity contribution < 1.29 is 26.3 Å². The van der Waals surface area contributed by atoms with Gasteiger partial charge < -0.3 is 0 Å². The Morgan fingerprint density at radius 3 is 1.47 bits per heavy atom. The van der Waals surface area contributed by atoms with Gasteiger partial charge in [-0.25, -0.2) is 0 Å². The molecule has 0 spiro atoms. The van der Waals surface area contributed by atoms with Crippen LogP contribution in [-0.4, -0.2) is 12.6 Å². The smallest absolute Gasteiger partial charge is 0.194 e. The average Bonchev–Trinajstić information content (AvgIpc) is 2.00. The minimum Gasteiger partial charge on any atom is -0.194 e. The lowest BCUT2D eigenvalue weighted by molar-refractivity contribution is -0.226. The lowest BCUT2D eigenvalue weighted by Crippen LogP contribution is -2.48. The SMILES string of the molecule is FC(F)(F)N(c1ccccc1)C(F)(F)F. The maximum atomic E-state index is 12.1. The molecule has 0 saturated carbocycles. The number of rotatable bonds is 1. The molecule has 1 aromatic rings. The summed E-state index contributed by atoms with van der Waals surface area (Å²) in [4.78, 5) is -1.54. The monoisotopic (exact) mass is 229 g/mol. The summed E-state index contributed by atoms with van der Waals surface area (Å²) in [5.41, 5.74) is -0.961. The molecule has 0 aliphatic rings. The Balaban J connectivity index is 3.15. The van der Waals surface area contributed by atoms with Gasteiger partial charge in [-0.1, -0.05) is 18.2 Å². The van der Waals surface area contributed by atoms with Crippen LogP contribution in [-0.2, 0) is 0 Å². The van der Waals surface area contributed by atoms with Crippen molar-refractivity contribution in [2.45, 2.75) is 12.6 Å². The van der Waals surface area contributed by atoms with E-state index >= 15 is 0 Å². The van der Waals surface area contributed by atoms with Crippen molar-refractivity contribution in [1.29, 1.82) is 0 Å². The van der Waals surface area contributed by atoms with Gasteiger partial charge in [-0.15, -0.1) is 26.3 Å². The molecule has 1 aromatic carbocycles. The first-order valence-electron chi connectivity index (χ1n) is 3.72. The highest BCUT2D eigenvalue weighted by Gasteiger charge is 2.53. The molecule has 0 atom stereocenters. The molecule has 0 radical (unpaired) electrons. The number of para-hydroxylation sites is 1. The molecule has 0 fully saturated rings. The molecule has 15 heavy (non-hydrogen) atoms. The Morgan fingerprint density at radius 2 is 1.13 bits per heavy atom. The standard InChI is InChI=1S/C8H5F6N/c9-7(10,11)15(8(12,13)14)6-4-2-1-3-5-6/h1-5H. The first kappa shape index (κ1) is 11.7. The molecule has 0 saturated heterocycles. The maximum absolute atomic E-state index is 12.1. The number of anilines is 1. The van der Waals surface area contributed by atoms with Gasteiger partial charge in [-0.3, -0.25) is 0 Å². The van der Waals surface area contributed by atoms with Crippen molar-refractivity contribution in [3.05, 3.63) is 30.3 Å². The summed E-state index contributed by atoms with van der Waals surface area (Å²) in [5, 5.41) is 0. The Labute approximate surface area is 80.9 Å². The summed E-state index contributed by atoms with van der Waals surface area (Å²) >= 11 is 0. The molecule has 1 rings (SSSR count). The summed E-state index contributed by atoms with van der Waals surface area (Å²) in [6.07, 6.45) is -11.0. The minimum atomic E-state index is -5.49. The lowest BCUT2D eigenvalue weighted by Gasteiger charge is -2.28. The van der Waals surface area contributed by atoms with E-state index in [4.69, 9.17) is 0 Å². The van der Waals surface area contributed by atoms with Gasteiger partial charge in [0, 0.05) is 0 Å². The Bertz CT molecular complexity index is 300. The van der Waals surface area contributed by atoms with Crippen LogP contribution < -0.4 is 4.90 Å². The second-order valence-electron chi connectivity index (χ2n) is 2.61. The van der Waals surface area contributed by atoms with Gasteiger partial charge in [-0.2, -0.15) is 4.90 Å². The van der Waals surface area contributed by atoms with Crippen LogP contribution in [0.1, 0.15) is 0 Å². The predicted octanol–water partition coefficient (Wildman–Crippen LogP) is 3.53. The van der Waals surface area contributed by atoms with Crippen molar-refractivity contribution in [3.63, 3.8) is 0 Å². The van der Waals surface area contributed by atoms with Crippen LogP contribution in [0.5, 0.6) is 0 Å². The topological polar surface area (TPSA) is 3.24 Å². The van der Waals surface area contributed by atoms with Crippen LogP contribution in [0.3, 0.4) is 0 Å². The zero-order valence-electron chi connectivity index (χ0n) is 7.10. The quantitative estimate of drug-likeness (QED) is 0.526. The van der Waals surface area contributed by atoms with Crippen LogP contribution in [0, 0.1) is 0 Å². The molecule has 1 nitrogen and oxygen atoms in total. The number of benzene rings is 1. The third-order valence-electron chi connectivity index (χ3n) is 1.52. The van der Waals surface area contributed by atoms with Crippen LogP contribution in [0.15, 0.2) is 30.3 Å². The molecule has 0 aliphatic heterocycles. The zero-order valence-corrected chi connectivity index (χ0v) is 7.10. The van der Waals surface area contributed by atoms with Crippen LogP contribution >= 0.6 is 0 Å². The van der Waals surface area contributed by atoms with Crippen LogP contribution in [0.2, 0.25) is 0 Å². The highest BCUT2D eigenvalue weighted by molar-refractivity contribution is 5.47. The van der Waals surface area contributed by atoms with Crippen LogP contribution in [0.4, 0.5) is 32.0 Å². The lowest BCUT2D eigenvalue weighted by atomic mass is 10.3. The van der Waals surface area contributed by atoms with E-state index in [1.807, 2.05) is 0 Å². The Hall–Kier alpha value is -1.40. The molecular formula is C8H5F6N. The largest absolute Gasteiger partial charge is 0.491 e. The van der Waals surface area contributed by atoms with Gasteiger partial charge >= 0.3 is 12.6 Å². The normalized spacial score (nSPS) is 12.7. The fraction of sp³-hybridized carbons (Fsp3) is 0.250. The fourth-order valence-corrected chi connectivity index (χ4v) is 1.01. The zero-order chi connectivity index (χ0) is 11.7. The first-order valence-corrected chi connectivity index (χ1v) is 3.72. The van der Waals surface area contributed by atoms with E-state index in [1.165, 1.54) is 6.07 Å². The second kappa shape index (κ2) is 3.63. The van der Waals surface area contributed by atoms with Crippen molar-refractivity contribution in [1.82, 2.24) is 0 Å². The third kappa shape index (κ3) is 2.77. The second-order valence-corrected chi connectivity index (χ2v) is 2.61. The molecule has 0 heterocycles. The van der Waals surface area contributed by atoms with E-state index in [-0.39, 0.29) is 0 Å². The van der Waals surface area contributed by atoms with E-state index in [1.54, 1.807) is 0 Å². The summed E-state index contributed by atoms with van der Waals surface area (Å²) in [6, 6.07) is 5.00. The van der Waals surface area contributed by atoms with E-state index in [2.05, 4.69) is 0 Å². The van der Waals surface area contributed by atoms with E-state index in [0.717, 1.165) is 24.3 Å². The van der Waals surface area contributed by atoms with Crippen molar-refractivity contribution in [2.24, 2.45) is 0 Å². The van der Waals surface area contributed by atoms with Crippen LogP contribution in [0.25, 0.3) is 0 Å². The fourth-order valence-electron chi connectivity index (χ4n) is 1.01. The van der Waals surface area contributed by atoms with Gasteiger partial charge in [0.25, 0.3) is 0 Å². The van der Waals surface area contributed by atoms with E-state index in [9.17, 15) is 26.3 Å². The average molecular weight is 229 g/mol. The minimum absolute atomic E-state index is 0.737. The highest BCUT2D eigenvalue weighted by Crippen LogP contribution is 2.37. The summed E-state index contributed by atoms with van der Waals surface area (Å²) < 4.78 is 72.6. The van der Waals surface area contributed by atoms with Crippen molar-refractivity contribution in [3.8, 4) is 0 Å². The number of hydrogen-bond acceptors (Lipinski definition) is 1. The molecule has 0 unspecified atom stereocenters. The molecule has 0 N–H and O–H groups in total. The number of alkyl halides is 6. The molecule has 7 heteroatoms. The van der Waals surface area contributed by atoms with Crippen molar-refractivity contribution >= 4 is 5.69 Å². The highest BCUT2D eigenvalue weighted by atomic mass is 19.4. The van der Waals surface area contributed by atoms with E-state index in [0.29, 0.717) is 0 Å². The molecule has 0 aliphatic carbocycles. The number of nitrogens with zero attached hydrogens (tertiary/aromatic N) is 1. The summed E-state index contributed by atoms with van der Waals surface area (Å²) in [6.45, 7) is 0. The molecule has 0 aromatic heterocycles. The Kier molecular flexibility index (Phi) is 2.83. The van der Waals surface area contributed by atoms with Gasteiger partial charge in [0.1, 0.15) is 0 Å². The molecule has 84 valence electrons. The number of hydrogen-bond donors (Lipinski definition) is 0. The summed E-state index contributed by atoms with van der Waals surface area (Å²) in [5.74, 6) is 0. The maximum Gasteiger partial charge on any atom is 0.491 e. The van der Waals surface area contributed by atoms with Gasteiger partial charge in [0.2, 0.25) is 0 Å². The summed E-state index contributed by atoms with van der Waals surface area (Å²) in [7, 11) is 0.